The van der Waals surface area contributed by atoms with E-state index >= 15 is 0 Å². The number of benzene rings is 2. The molecule has 19 heavy (non-hydrogen) atoms. The van der Waals surface area contributed by atoms with Gasteiger partial charge in [0.05, 0.1) is 15.6 Å². The van der Waals surface area contributed by atoms with E-state index in [0.717, 1.165) is 21.7 Å². The van der Waals surface area contributed by atoms with Gasteiger partial charge in [0.2, 0.25) is 0 Å². The Morgan fingerprint density at radius 1 is 0.947 bits per heavy atom. The fourth-order valence-corrected chi connectivity index (χ4v) is 3.04. The van der Waals surface area contributed by atoms with E-state index in [4.69, 9.17) is 17.3 Å². The van der Waals surface area contributed by atoms with E-state index in [1.54, 1.807) is 0 Å². The molecule has 0 radical (unpaired) electrons. The van der Waals surface area contributed by atoms with Gasteiger partial charge in [-0.05, 0) is 11.6 Å². The summed E-state index contributed by atoms with van der Waals surface area (Å²) in [7, 11) is 0. The molecule has 0 unspecified atom stereocenters. The second kappa shape index (κ2) is 5.03. The minimum atomic E-state index is 0.550. The number of thiazole rings is 1. The second-order valence-electron chi connectivity index (χ2n) is 4.08. The number of nitrogens with two attached hydrogens (primary N) is 1. The molecule has 0 atom stereocenters. The van der Waals surface area contributed by atoms with E-state index < -0.39 is 0 Å². The molecule has 3 rings (SSSR count). The Bertz CT molecular complexity index is 707. The zero-order valence-electron chi connectivity index (χ0n) is 10.0. The molecule has 2 N–H and O–H groups in total. The van der Waals surface area contributed by atoms with Gasteiger partial charge in [-0.1, -0.05) is 71.5 Å². The average Bonchev–Trinajstić information content (AvgIpc) is 2.82. The SMILES string of the molecule is Nc1nc(-c2ccccc2Cl)c(-c2ccccc2)s1. The molecule has 0 amide bonds. The molecule has 0 saturated heterocycles. The highest BCUT2D eigenvalue weighted by Gasteiger charge is 2.15. The van der Waals surface area contributed by atoms with Crippen LogP contribution < -0.4 is 5.73 Å². The third-order valence-electron chi connectivity index (χ3n) is 2.81. The van der Waals surface area contributed by atoms with Crippen LogP contribution >= 0.6 is 22.9 Å². The number of nitrogen functional groups attached to an aromatic ring is 1. The van der Waals surface area contributed by atoms with Crippen LogP contribution in [-0.2, 0) is 0 Å². The Hall–Kier alpha value is -1.84. The lowest BCUT2D eigenvalue weighted by Gasteiger charge is -2.04. The molecule has 2 nitrogen and oxygen atoms in total. The summed E-state index contributed by atoms with van der Waals surface area (Å²) in [5.41, 5.74) is 8.73. The molecule has 1 heterocycles. The summed E-state index contributed by atoms with van der Waals surface area (Å²) >= 11 is 7.73. The molecular formula is C15H11ClN2S. The maximum atomic E-state index is 6.25. The van der Waals surface area contributed by atoms with Gasteiger partial charge in [-0.3, -0.25) is 0 Å². The maximum Gasteiger partial charge on any atom is 0.181 e. The largest absolute Gasteiger partial charge is 0.375 e. The normalized spacial score (nSPS) is 10.6. The minimum absolute atomic E-state index is 0.550. The number of aromatic nitrogens is 1. The molecule has 0 fully saturated rings. The number of nitrogens with zero attached hydrogens (tertiary/aromatic N) is 1. The standard InChI is InChI=1S/C15H11ClN2S/c16-12-9-5-4-8-11(12)13-14(19-15(17)18-13)10-6-2-1-3-7-10/h1-9H,(H2,17,18). The van der Waals surface area contributed by atoms with Gasteiger partial charge in [-0.15, -0.1) is 0 Å². The van der Waals surface area contributed by atoms with Crippen molar-refractivity contribution >= 4 is 28.1 Å². The molecule has 4 heteroatoms. The van der Waals surface area contributed by atoms with Gasteiger partial charge in [0.1, 0.15) is 0 Å². The number of rotatable bonds is 2. The van der Waals surface area contributed by atoms with E-state index in [0.29, 0.717) is 10.2 Å². The molecule has 3 aromatic rings. The topological polar surface area (TPSA) is 38.9 Å². The van der Waals surface area contributed by atoms with Gasteiger partial charge in [-0.25, -0.2) is 4.98 Å². The van der Waals surface area contributed by atoms with Crippen molar-refractivity contribution < 1.29 is 0 Å². The van der Waals surface area contributed by atoms with Crippen LogP contribution in [0.25, 0.3) is 21.7 Å². The molecule has 0 aliphatic heterocycles. The van der Waals surface area contributed by atoms with Crippen LogP contribution in [0.2, 0.25) is 5.02 Å². The lowest BCUT2D eigenvalue weighted by atomic mass is 10.1. The van der Waals surface area contributed by atoms with Crippen LogP contribution in [0.1, 0.15) is 0 Å². The monoisotopic (exact) mass is 286 g/mol. The van der Waals surface area contributed by atoms with Crippen molar-refractivity contribution in [3.05, 3.63) is 59.6 Å². The number of hydrogen-bond donors (Lipinski definition) is 1. The Kier molecular flexibility index (Phi) is 3.23. The molecule has 1 aromatic heterocycles. The van der Waals surface area contributed by atoms with Gasteiger partial charge in [0.25, 0.3) is 0 Å². The van der Waals surface area contributed by atoms with E-state index in [2.05, 4.69) is 4.98 Å². The summed E-state index contributed by atoms with van der Waals surface area (Å²) in [6.07, 6.45) is 0. The fraction of sp³-hybridized carbons (Fsp3) is 0. The number of hydrogen-bond acceptors (Lipinski definition) is 3. The molecule has 0 saturated carbocycles. The number of halogens is 1. The first-order valence-corrected chi connectivity index (χ1v) is 7.02. The average molecular weight is 287 g/mol. The zero-order valence-corrected chi connectivity index (χ0v) is 11.6. The van der Waals surface area contributed by atoms with Crippen LogP contribution in [0.4, 0.5) is 5.13 Å². The Morgan fingerprint density at radius 3 is 2.37 bits per heavy atom. The van der Waals surface area contributed by atoms with E-state index in [1.165, 1.54) is 11.3 Å². The van der Waals surface area contributed by atoms with Crippen molar-refractivity contribution in [2.45, 2.75) is 0 Å². The van der Waals surface area contributed by atoms with Crippen molar-refractivity contribution in [2.24, 2.45) is 0 Å². The third-order valence-corrected chi connectivity index (χ3v) is 4.07. The first-order chi connectivity index (χ1) is 9.25. The summed E-state index contributed by atoms with van der Waals surface area (Å²) in [6, 6.07) is 17.8. The van der Waals surface area contributed by atoms with E-state index in [9.17, 15) is 0 Å². The Morgan fingerprint density at radius 2 is 1.63 bits per heavy atom. The lowest BCUT2D eigenvalue weighted by Crippen LogP contribution is -1.85. The second-order valence-corrected chi connectivity index (χ2v) is 5.51. The predicted molar refractivity (Wildman–Crippen MR) is 82.4 cm³/mol. The van der Waals surface area contributed by atoms with Crippen LogP contribution in [-0.4, -0.2) is 4.98 Å². The van der Waals surface area contributed by atoms with Gasteiger partial charge < -0.3 is 5.73 Å². The predicted octanol–water partition coefficient (Wildman–Crippen LogP) is 4.71. The highest BCUT2D eigenvalue weighted by molar-refractivity contribution is 7.19. The summed E-state index contributed by atoms with van der Waals surface area (Å²) in [5.74, 6) is 0. The summed E-state index contributed by atoms with van der Waals surface area (Å²) in [6.45, 7) is 0. The molecule has 0 spiro atoms. The van der Waals surface area contributed by atoms with Crippen LogP contribution in [0.15, 0.2) is 54.6 Å². The molecular weight excluding hydrogens is 276 g/mol. The van der Waals surface area contributed by atoms with Crippen molar-refractivity contribution in [3.63, 3.8) is 0 Å². The Labute approximate surface area is 120 Å². The van der Waals surface area contributed by atoms with Crippen molar-refractivity contribution in [1.29, 1.82) is 0 Å². The van der Waals surface area contributed by atoms with Crippen molar-refractivity contribution in [1.82, 2.24) is 4.98 Å². The third kappa shape index (κ3) is 2.35. The smallest absolute Gasteiger partial charge is 0.181 e. The van der Waals surface area contributed by atoms with Crippen LogP contribution in [0.3, 0.4) is 0 Å². The van der Waals surface area contributed by atoms with Gasteiger partial charge >= 0.3 is 0 Å². The molecule has 0 aliphatic carbocycles. The zero-order chi connectivity index (χ0) is 13.2. The first-order valence-electron chi connectivity index (χ1n) is 5.82. The van der Waals surface area contributed by atoms with E-state index in [1.807, 2.05) is 54.6 Å². The van der Waals surface area contributed by atoms with Gasteiger partial charge in [0, 0.05) is 5.56 Å². The van der Waals surface area contributed by atoms with Crippen molar-refractivity contribution in [3.8, 4) is 21.7 Å². The summed E-state index contributed by atoms with van der Waals surface area (Å²) < 4.78 is 0. The van der Waals surface area contributed by atoms with Crippen LogP contribution in [0, 0.1) is 0 Å². The van der Waals surface area contributed by atoms with Crippen molar-refractivity contribution in [2.75, 3.05) is 5.73 Å². The summed E-state index contributed by atoms with van der Waals surface area (Å²) in [4.78, 5) is 5.48. The molecule has 0 bridgehead atoms. The van der Waals surface area contributed by atoms with Gasteiger partial charge in [-0.2, -0.15) is 0 Å². The fourth-order valence-electron chi connectivity index (χ4n) is 1.96. The highest BCUT2D eigenvalue weighted by atomic mass is 35.5. The molecule has 2 aromatic carbocycles. The molecule has 0 aliphatic rings. The first kappa shape index (κ1) is 12.2. The highest BCUT2D eigenvalue weighted by Crippen LogP contribution is 2.40. The lowest BCUT2D eigenvalue weighted by molar-refractivity contribution is 1.41. The quantitative estimate of drug-likeness (QED) is 0.741. The Balaban J connectivity index is 2.21. The maximum absolute atomic E-state index is 6.25. The number of anilines is 1. The van der Waals surface area contributed by atoms with E-state index in [-0.39, 0.29) is 0 Å². The minimum Gasteiger partial charge on any atom is -0.375 e. The summed E-state index contributed by atoms with van der Waals surface area (Å²) in [5, 5.41) is 1.23. The molecule has 94 valence electrons. The van der Waals surface area contributed by atoms with Gasteiger partial charge in [0.15, 0.2) is 5.13 Å². The van der Waals surface area contributed by atoms with Crippen LogP contribution in [0.5, 0.6) is 0 Å².